The van der Waals surface area contributed by atoms with Gasteiger partial charge >= 0.3 is 12.1 Å². The summed E-state index contributed by atoms with van der Waals surface area (Å²) >= 11 is 0. The predicted octanol–water partition coefficient (Wildman–Crippen LogP) is 2.34. The molecule has 148 valence electrons. The van der Waals surface area contributed by atoms with E-state index in [9.17, 15) is 19.5 Å². The van der Waals surface area contributed by atoms with Crippen molar-refractivity contribution in [2.24, 2.45) is 0 Å². The Kier molecular flexibility index (Phi) is 4.10. The summed E-state index contributed by atoms with van der Waals surface area (Å²) in [5.41, 5.74) is 2.00. The van der Waals surface area contributed by atoms with Gasteiger partial charge in [0.15, 0.2) is 0 Å². The van der Waals surface area contributed by atoms with Gasteiger partial charge in [0.1, 0.15) is 17.7 Å². The van der Waals surface area contributed by atoms with Crippen LogP contribution in [0.3, 0.4) is 0 Å². The van der Waals surface area contributed by atoms with Gasteiger partial charge in [0.2, 0.25) is 5.91 Å². The van der Waals surface area contributed by atoms with Gasteiger partial charge in [0, 0.05) is 29.4 Å². The molecule has 2 amide bonds. The van der Waals surface area contributed by atoms with Gasteiger partial charge in [-0.05, 0) is 32.4 Å². The molecule has 1 saturated heterocycles. The van der Waals surface area contributed by atoms with E-state index in [2.05, 4.69) is 10.3 Å². The molecule has 0 aliphatic carbocycles. The third kappa shape index (κ3) is 2.98. The first kappa shape index (κ1) is 18.3. The molecule has 0 unspecified atom stereocenters. The van der Waals surface area contributed by atoms with Crippen molar-refractivity contribution in [3.8, 4) is 0 Å². The molecule has 3 heterocycles. The number of benzene rings is 1. The molecule has 4 rings (SSSR count). The Bertz CT molecular complexity index is 974. The number of nitrogens with zero attached hydrogens (tertiary/aromatic N) is 1. The van der Waals surface area contributed by atoms with Crippen molar-refractivity contribution in [2.45, 2.75) is 57.3 Å². The number of para-hydroxylation sites is 1. The molecule has 0 bridgehead atoms. The quantitative estimate of drug-likeness (QED) is 0.735. The van der Waals surface area contributed by atoms with Crippen LogP contribution in [0.1, 0.15) is 44.5 Å². The van der Waals surface area contributed by atoms with E-state index >= 15 is 0 Å². The zero-order chi connectivity index (χ0) is 20.2. The molecule has 0 spiro atoms. The fraction of sp³-hybridized carbons (Fsp3) is 0.450. The van der Waals surface area contributed by atoms with E-state index in [-0.39, 0.29) is 6.42 Å². The van der Waals surface area contributed by atoms with Crippen LogP contribution in [-0.4, -0.2) is 50.6 Å². The van der Waals surface area contributed by atoms with Crippen LogP contribution in [0.2, 0.25) is 0 Å². The van der Waals surface area contributed by atoms with E-state index in [1.807, 2.05) is 24.3 Å². The number of carbonyl (C=O) groups excluding carboxylic acids is 2. The maximum absolute atomic E-state index is 13.0. The highest BCUT2D eigenvalue weighted by Crippen LogP contribution is 2.43. The summed E-state index contributed by atoms with van der Waals surface area (Å²) in [6, 6.07) is 5.49. The highest BCUT2D eigenvalue weighted by Gasteiger charge is 2.51. The third-order valence-corrected chi connectivity index (χ3v) is 5.24. The van der Waals surface area contributed by atoms with E-state index < -0.39 is 41.7 Å². The molecule has 0 radical (unpaired) electrons. The Morgan fingerprint density at radius 1 is 1.29 bits per heavy atom. The van der Waals surface area contributed by atoms with E-state index in [4.69, 9.17) is 4.74 Å². The number of carboxylic acids is 1. The normalized spacial score (nSPS) is 24.0. The van der Waals surface area contributed by atoms with Crippen LogP contribution in [0.5, 0.6) is 0 Å². The lowest BCUT2D eigenvalue weighted by Gasteiger charge is -2.35. The number of aromatic nitrogens is 1. The van der Waals surface area contributed by atoms with Crippen molar-refractivity contribution >= 4 is 28.9 Å². The zero-order valence-corrected chi connectivity index (χ0v) is 16.0. The summed E-state index contributed by atoms with van der Waals surface area (Å²) < 4.78 is 5.25. The Hall–Kier alpha value is -3.03. The largest absolute Gasteiger partial charge is 0.480 e. The minimum absolute atomic E-state index is 0.232. The highest BCUT2D eigenvalue weighted by atomic mass is 16.6. The Labute approximate surface area is 161 Å². The second kappa shape index (κ2) is 6.25. The summed E-state index contributed by atoms with van der Waals surface area (Å²) in [6.07, 6.45) is -0.160. The van der Waals surface area contributed by atoms with Gasteiger partial charge in [-0.2, -0.15) is 0 Å². The van der Waals surface area contributed by atoms with Crippen molar-refractivity contribution in [3.63, 3.8) is 0 Å². The van der Waals surface area contributed by atoms with Crippen LogP contribution in [-0.2, 0) is 20.7 Å². The van der Waals surface area contributed by atoms with E-state index in [0.29, 0.717) is 6.42 Å². The number of nitrogens with one attached hydrogen (secondary N) is 2. The van der Waals surface area contributed by atoms with Gasteiger partial charge < -0.3 is 25.0 Å². The van der Waals surface area contributed by atoms with Crippen LogP contribution < -0.4 is 5.32 Å². The second-order valence-corrected chi connectivity index (χ2v) is 8.32. The van der Waals surface area contributed by atoms with Crippen LogP contribution in [0, 0.1) is 0 Å². The zero-order valence-electron chi connectivity index (χ0n) is 16.0. The number of carboxylic acid groups (broad SMARTS) is 1. The van der Waals surface area contributed by atoms with Gasteiger partial charge in [0.05, 0.1) is 6.04 Å². The third-order valence-electron chi connectivity index (χ3n) is 5.24. The number of hydrogen-bond donors (Lipinski definition) is 3. The number of alkyl carbamates (subject to hydrolysis) is 1. The number of amides is 2. The number of aliphatic carboxylic acids is 1. The number of carbonyl (C=O) groups is 3. The summed E-state index contributed by atoms with van der Waals surface area (Å²) in [6.45, 7) is 5.22. The number of rotatable bonds is 2. The lowest BCUT2D eigenvalue weighted by Crippen LogP contribution is -2.50. The smallest absolute Gasteiger partial charge is 0.408 e. The number of ether oxygens (including phenoxy) is 1. The van der Waals surface area contributed by atoms with Gasteiger partial charge in [0.25, 0.3) is 0 Å². The summed E-state index contributed by atoms with van der Waals surface area (Å²) in [5.74, 6) is -1.44. The fourth-order valence-electron chi connectivity index (χ4n) is 4.19. The maximum Gasteiger partial charge on any atom is 0.408 e. The van der Waals surface area contributed by atoms with Crippen molar-refractivity contribution in [2.75, 3.05) is 0 Å². The standard InChI is InChI=1S/C20H23N3O5/c1-20(2,3)28-19(27)22-13-9-14-16-11(10-6-4-5-7-12(10)21-16)8-15(18(25)26)23(14)17(13)24/h4-7,13-15,21H,8-9H2,1-3H3,(H,22,27)(H,25,26)/t13-,14+,15-/m1/s1. The van der Waals surface area contributed by atoms with Crippen LogP contribution in [0.15, 0.2) is 24.3 Å². The SMILES string of the molecule is CC(C)(C)OC(=O)N[C@@H]1C[C@H]2c3[nH]c4ccccc4c3C[C@H](C(=O)O)N2C1=O. The van der Waals surface area contributed by atoms with E-state index in [1.165, 1.54) is 4.90 Å². The van der Waals surface area contributed by atoms with Crippen LogP contribution in [0.25, 0.3) is 10.9 Å². The molecule has 0 saturated carbocycles. The lowest BCUT2D eigenvalue weighted by molar-refractivity contribution is -0.150. The molecular formula is C20H23N3O5. The van der Waals surface area contributed by atoms with Crippen molar-refractivity contribution in [3.05, 3.63) is 35.5 Å². The van der Waals surface area contributed by atoms with Crippen molar-refractivity contribution in [1.82, 2.24) is 15.2 Å². The molecule has 2 aliphatic heterocycles. The number of aromatic amines is 1. The van der Waals surface area contributed by atoms with Gasteiger partial charge in [-0.1, -0.05) is 18.2 Å². The first-order valence-electron chi connectivity index (χ1n) is 9.29. The Morgan fingerprint density at radius 2 is 2.00 bits per heavy atom. The predicted molar refractivity (Wildman–Crippen MR) is 101 cm³/mol. The molecule has 2 aromatic rings. The molecule has 28 heavy (non-hydrogen) atoms. The molecular weight excluding hydrogens is 362 g/mol. The van der Waals surface area contributed by atoms with E-state index in [0.717, 1.165) is 22.2 Å². The first-order chi connectivity index (χ1) is 13.2. The number of hydrogen-bond acceptors (Lipinski definition) is 4. The maximum atomic E-state index is 13.0. The molecule has 3 N–H and O–H groups in total. The molecule has 8 heteroatoms. The molecule has 2 aliphatic rings. The molecule has 1 fully saturated rings. The van der Waals surface area contributed by atoms with E-state index in [1.54, 1.807) is 20.8 Å². The monoisotopic (exact) mass is 385 g/mol. The molecule has 3 atom stereocenters. The summed E-state index contributed by atoms with van der Waals surface area (Å²) in [4.78, 5) is 41.7. The topological polar surface area (TPSA) is 112 Å². The van der Waals surface area contributed by atoms with Gasteiger partial charge in [-0.15, -0.1) is 0 Å². The minimum atomic E-state index is -1.05. The minimum Gasteiger partial charge on any atom is -0.480 e. The fourth-order valence-corrected chi connectivity index (χ4v) is 4.19. The Balaban J connectivity index is 1.68. The van der Waals surface area contributed by atoms with Gasteiger partial charge in [-0.3, -0.25) is 4.79 Å². The second-order valence-electron chi connectivity index (χ2n) is 8.32. The van der Waals surface area contributed by atoms with Crippen LogP contribution in [0.4, 0.5) is 4.79 Å². The summed E-state index contributed by atoms with van der Waals surface area (Å²) in [7, 11) is 0. The first-order valence-corrected chi connectivity index (χ1v) is 9.29. The Morgan fingerprint density at radius 3 is 2.68 bits per heavy atom. The molecule has 8 nitrogen and oxygen atoms in total. The molecule has 1 aromatic carbocycles. The average molecular weight is 385 g/mol. The average Bonchev–Trinajstić information content (AvgIpc) is 3.11. The van der Waals surface area contributed by atoms with Gasteiger partial charge in [-0.25, -0.2) is 9.59 Å². The van der Waals surface area contributed by atoms with Crippen molar-refractivity contribution in [1.29, 1.82) is 0 Å². The van der Waals surface area contributed by atoms with Crippen molar-refractivity contribution < 1.29 is 24.2 Å². The lowest BCUT2D eigenvalue weighted by atomic mass is 9.92. The molecule has 1 aromatic heterocycles. The van der Waals surface area contributed by atoms with Crippen LogP contribution >= 0.6 is 0 Å². The number of fused-ring (bicyclic) bond motifs is 5. The highest BCUT2D eigenvalue weighted by molar-refractivity contribution is 5.94. The summed E-state index contributed by atoms with van der Waals surface area (Å²) in [5, 5.41) is 13.3. The number of H-pyrrole nitrogens is 1.